The Kier molecular flexibility index (Phi) is 6.98. The molecule has 0 radical (unpaired) electrons. The topological polar surface area (TPSA) is 119 Å². The van der Waals surface area contributed by atoms with Crippen LogP contribution in [0.15, 0.2) is 102 Å². The number of nitrogens with zero attached hydrogens (tertiary/aromatic N) is 3. The SMILES string of the molecule is COc1cc2nccc(Oc3ccc(CC(=O)c4cc5ccc(N)cc5n(-c5ccccc5)c4=O)nc3)c2cc1OC. The summed E-state index contributed by atoms with van der Waals surface area (Å²) >= 11 is 0. The monoisotopic (exact) mass is 558 g/mol. The van der Waals surface area contributed by atoms with Crippen molar-refractivity contribution in [2.75, 3.05) is 20.0 Å². The number of rotatable bonds is 8. The summed E-state index contributed by atoms with van der Waals surface area (Å²) in [5.41, 5.74) is 8.66. The summed E-state index contributed by atoms with van der Waals surface area (Å²) in [5.74, 6) is 1.81. The summed E-state index contributed by atoms with van der Waals surface area (Å²) in [7, 11) is 3.13. The lowest BCUT2D eigenvalue weighted by Crippen LogP contribution is -2.26. The average Bonchev–Trinajstić information content (AvgIpc) is 3.01. The number of methoxy groups -OCH3 is 2. The van der Waals surface area contributed by atoms with Crippen LogP contribution >= 0.6 is 0 Å². The number of anilines is 1. The van der Waals surface area contributed by atoms with Crippen molar-refractivity contribution in [3.05, 3.63) is 119 Å². The molecule has 208 valence electrons. The molecule has 0 unspecified atom stereocenters. The molecule has 6 aromatic rings. The van der Waals surface area contributed by atoms with E-state index in [1.165, 1.54) is 4.57 Å². The molecule has 3 aromatic heterocycles. The molecule has 9 nitrogen and oxygen atoms in total. The third kappa shape index (κ3) is 4.99. The summed E-state index contributed by atoms with van der Waals surface area (Å²) in [6, 6.07) is 24.8. The molecule has 0 amide bonds. The summed E-state index contributed by atoms with van der Waals surface area (Å²) in [4.78, 5) is 35.9. The van der Waals surface area contributed by atoms with Crippen LogP contribution in [0.1, 0.15) is 16.1 Å². The second kappa shape index (κ2) is 11.1. The van der Waals surface area contributed by atoms with E-state index >= 15 is 0 Å². The van der Waals surface area contributed by atoms with Crippen LogP contribution in [0.2, 0.25) is 0 Å². The first-order valence-electron chi connectivity index (χ1n) is 13.1. The van der Waals surface area contributed by atoms with Gasteiger partial charge in [-0.05, 0) is 60.0 Å². The van der Waals surface area contributed by atoms with E-state index in [4.69, 9.17) is 19.9 Å². The minimum Gasteiger partial charge on any atom is -0.493 e. The van der Waals surface area contributed by atoms with Gasteiger partial charge in [-0.25, -0.2) is 0 Å². The van der Waals surface area contributed by atoms with Gasteiger partial charge in [-0.15, -0.1) is 0 Å². The highest BCUT2D eigenvalue weighted by molar-refractivity contribution is 6.00. The van der Waals surface area contributed by atoms with Crippen molar-refractivity contribution in [1.29, 1.82) is 0 Å². The maximum atomic E-state index is 13.6. The van der Waals surface area contributed by atoms with Gasteiger partial charge in [0.15, 0.2) is 17.3 Å². The van der Waals surface area contributed by atoms with Gasteiger partial charge >= 0.3 is 0 Å². The normalized spacial score (nSPS) is 11.0. The van der Waals surface area contributed by atoms with Crippen LogP contribution in [0.5, 0.6) is 23.0 Å². The first kappa shape index (κ1) is 26.5. The van der Waals surface area contributed by atoms with Gasteiger partial charge in [0.2, 0.25) is 0 Å². The molecule has 0 saturated heterocycles. The van der Waals surface area contributed by atoms with Crippen molar-refractivity contribution in [3.8, 4) is 28.7 Å². The van der Waals surface area contributed by atoms with Crippen molar-refractivity contribution in [2.24, 2.45) is 0 Å². The van der Waals surface area contributed by atoms with Crippen LogP contribution in [0, 0.1) is 0 Å². The van der Waals surface area contributed by atoms with Gasteiger partial charge in [0.1, 0.15) is 11.5 Å². The number of hydrogen-bond donors (Lipinski definition) is 1. The fourth-order valence-corrected chi connectivity index (χ4v) is 4.86. The zero-order valence-electron chi connectivity index (χ0n) is 22.9. The van der Waals surface area contributed by atoms with Gasteiger partial charge in [0, 0.05) is 34.7 Å². The quantitative estimate of drug-likeness (QED) is 0.185. The first-order chi connectivity index (χ1) is 20.4. The number of carbonyl (C=O) groups is 1. The molecule has 0 bridgehead atoms. The highest BCUT2D eigenvalue weighted by Gasteiger charge is 2.18. The highest BCUT2D eigenvalue weighted by atomic mass is 16.5. The van der Waals surface area contributed by atoms with Crippen LogP contribution in [-0.2, 0) is 6.42 Å². The standard InChI is InChI=1S/C33H26N4O5/c1-40-31-17-25-27(18-32(31)41-2)35-13-12-30(25)42-24-11-10-22(36-19-24)16-29(38)26-14-20-8-9-21(34)15-28(20)37(33(26)39)23-6-4-3-5-7-23/h3-15,17-19H,16,34H2,1-2H3. The molecule has 3 aromatic carbocycles. The number of para-hydroxylation sites is 1. The second-order valence-corrected chi connectivity index (χ2v) is 9.57. The van der Waals surface area contributed by atoms with E-state index in [-0.39, 0.29) is 17.8 Å². The Balaban J connectivity index is 1.28. The first-order valence-corrected chi connectivity index (χ1v) is 13.1. The third-order valence-electron chi connectivity index (χ3n) is 6.92. The summed E-state index contributed by atoms with van der Waals surface area (Å²) in [5, 5.41) is 1.47. The van der Waals surface area contributed by atoms with E-state index < -0.39 is 5.56 Å². The van der Waals surface area contributed by atoms with Gasteiger partial charge in [-0.3, -0.25) is 24.1 Å². The molecule has 2 N–H and O–H groups in total. The van der Waals surface area contributed by atoms with Crippen molar-refractivity contribution < 1.29 is 19.0 Å². The van der Waals surface area contributed by atoms with Crippen LogP contribution < -0.4 is 25.5 Å². The molecule has 0 atom stereocenters. The van der Waals surface area contributed by atoms with E-state index in [0.717, 1.165) is 10.8 Å². The van der Waals surface area contributed by atoms with E-state index in [0.29, 0.717) is 51.1 Å². The number of nitrogen functional groups attached to an aromatic ring is 1. The lowest BCUT2D eigenvalue weighted by Gasteiger charge is -2.13. The van der Waals surface area contributed by atoms with Crippen LogP contribution in [-0.4, -0.2) is 34.5 Å². The Bertz CT molecular complexity index is 2000. The van der Waals surface area contributed by atoms with Gasteiger partial charge in [0.25, 0.3) is 5.56 Å². The maximum Gasteiger partial charge on any atom is 0.266 e. The van der Waals surface area contributed by atoms with Crippen molar-refractivity contribution >= 4 is 33.3 Å². The Labute approximate surface area is 240 Å². The summed E-state index contributed by atoms with van der Waals surface area (Å²) in [6.07, 6.45) is 3.13. The summed E-state index contributed by atoms with van der Waals surface area (Å²) in [6.45, 7) is 0. The third-order valence-corrected chi connectivity index (χ3v) is 6.92. The van der Waals surface area contributed by atoms with Gasteiger partial charge in [-0.1, -0.05) is 24.3 Å². The number of ketones is 1. The molecule has 0 aliphatic heterocycles. The molecule has 6 rings (SSSR count). The Morgan fingerprint density at radius 2 is 1.64 bits per heavy atom. The van der Waals surface area contributed by atoms with Crippen LogP contribution in [0.4, 0.5) is 5.69 Å². The fourth-order valence-electron chi connectivity index (χ4n) is 4.86. The highest BCUT2D eigenvalue weighted by Crippen LogP contribution is 2.36. The van der Waals surface area contributed by atoms with Crippen molar-refractivity contribution in [3.63, 3.8) is 0 Å². The zero-order valence-corrected chi connectivity index (χ0v) is 22.9. The van der Waals surface area contributed by atoms with Crippen molar-refractivity contribution in [1.82, 2.24) is 14.5 Å². The van der Waals surface area contributed by atoms with E-state index in [1.807, 2.05) is 30.3 Å². The predicted octanol–water partition coefficient (Wildman–Crippen LogP) is 5.75. The number of nitrogens with two attached hydrogens (primary N) is 1. The number of carbonyl (C=O) groups excluding carboxylic acids is 1. The molecule has 0 fully saturated rings. The largest absolute Gasteiger partial charge is 0.493 e. The number of benzene rings is 3. The Morgan fingerprint density at radius 1 is 0.857 bits per heavy atom. The molecule has 0 aliphatic carbocycles. The molecular formula is C33H26N4O5. The predicted molar refractivity (Wildman–Crippen MR) is 161 cm³/mol. The number of Topliss-reactive ketones (excluding diaryl/α,β-unsaturated/α-hetero) is 1. The molecule has 0 saturated carbocycles. The second-order valence-electron chi connectivity index (χ2n) is 9.57. The number of fused-ring (bicyclic) bond motifs is 2. The molecule has 42 heavy (non-hydrogen) atoms. The lowest BCUT2D eigenvalue weighted by atomic mass is 10.0. The number of pyridine rings is 3. The number of hydrogen-bond acceptors (Lipinski definition) is 8. The fraction of sp³-hybridized carbons (Fsp3) is 0.0909. The number of ether oxygens (including phenoxy) is 3. The van der Waals surface area contributed by atoms with E-state index in [1.54, 1.807) is 81.2 Å². The molecule has 0 spiro atoms. The molecule has 0 aliphatic rings. The minimum atomic E-state index is -0.416. The Hall–Kier alpha value is -5.70. The van der Waals surface area contributed by atoms with E-state index in [2.05, 4.69) is 9.97 Å². The summed E-state index contributed by atoms with van der Waals surface area (Å²) < 4.78 is 18.4. The molecular weight excluding hydrogens is 532 g/mol. The Morgan fingerprint density at radius 3 is 2.38 bits per heavy atom. The van der Waals surface area contributed by atoms with Gasteiger partial charge in [0.05, 0.1) is 43.4 Å². The lowest BCUT2D eigenvalue weighted by molar-refractivity contribution is 0.0990. The van der Waals surface area contributed by atoms with Gasteiger partial charge in [-0.2, -0.15) is 0 Å². The average molecular weight is 559 g/mol. The van der Waals surface area contributed by atoms with E-state index in [9.17, 15) is 9.59 Å². The molecule has 3 heterocycles. The van der Waals surface area contributed by atoms with Crippen LogP contribution in [0.3, 0.4) is 0 Å². The zero-order chi connectivity index (χ0) is 29.2. The van der Waals surface area contributed by atoms with Gasteiger partial charge < -0.3 is 19.9 Å². The smallest absolute Gasteiger partial charge is 0.266 e. The molecule has 9 heteroatoms. The minimum absolute atomic E-state index is 0.0556. The van der Waals surface area contributed by atoms with Crippen LogP contribution in [0.25, 0.3) is 27.5 Å². The van der Waals surface area contributed by atoms with Crippen molar-refractivity contribution in [2.45, 2.75) is 6.42 Å². The maximum absolute atomic E-state index is 13.6. The number of aromatic nitrogens is 3.